The lowest BCUT2D eigenvalue weighted by atomic mass is 9.99. The van der Waals surface area contributed by atoms with Crippen molar-refractivity contribution in [3.05, 3.63) is 35.5 Å². The zero-order valence-electron chi connectivity index (χ0n) is 10.8. The van der Waals surface area contributed by atoms with Gasteiger partial charge < -0.3 is 10.3 Å². The second-order valence-electron chi connectivity index (χ2n) is 5.72. The molecule has 2 aliphatic carbocycles. The predicted octanol–water partition coefficient (Wildman–Crippen LogP) is 3.72. The average Bonchev–Trinajstić information content (AvgIpc) is 2.76. The van der Waals surface area contributed by atoms with Crippen molar-refractivity contribution in [2.45, 2.75) is 25.2 Å². The van der Waals surface area contributed by atoms with Crippen LogP contribution in [0.2, 0.25) is 0 Å². The fourth-order valence-corrected chi connectivity index (χ4v) is 3.73. The number of aromatic nitrogens is 1. The van der Waals surface area contributed by atoms with Crippen molar-refractivity contribution in [2.75, 3.05) is 5.73 Å². The smallest absolute Gasteiger partial charge is 0.230 e. The summed E-state index contributed by atoms with van der Waals surface area (Å²) >= 11 is 0. The van der Waals surface area contributed by atoms with Gasteiger partial charge in [-0.15, -0.1) is 0 Å². The van der Waals surface area contributed by atoms with Crippen LogP contribution in [0.1, 0.15) is 30.9 Å². The van der Waals surface area contributed by atoms with Crippen molar-refractivity contribution >= 4 is 5.88 Å². The monoisotopic (exact) mass is 276 g/mol. The molecule has 3 nitrogen and oxygen atoms in total. The Bertz CT molecular complexity index is 673. The third kappa shape index (κ3) is 1.58. The van der Waals surface area contributed by atoms with E-state index in [0.717, 1.165) is 11.8 Å². The number of nitrogens with zero attached hydrogens (tertiary/aromatic N) is 1. The highest BCUT2D eigenvalue weighted by Gasteiger charge is 2.55. The summed E-state index contributed by atoms with van der Waals surface area (Å²) in [5, 5.41) is 4.04. The lowest BCUT2D eigenvalue weighted by Gasteiger charge is -2.05. The van der Waals surface area contributed by atoms with Gasteiger partial charge >= 0.3 is 0 Å². The number of fused-ring (bicyclic) bond motifs is 1. The van der Waals surface area contributed by atoms with Crippen LogP contribution in [0.4, 0.5) is 14.7 Å². The molecule has 4 rings (SSSR count). The van der Waals surface area contributed by atoms with E-state index in [1.54, 1.807) is 0 Å². The van der Waals surface area contributed by atoms with Crippen molar-refractivity contribution in [1.82, 2.24) is 5.16 Å². The first-order chi connectivity index (χ1) is 9.66. The molecule has 2 aliphatic rings. The highest BCUT2D eigenvalue weighted by molar-refractivity contribution is 5.76. The summed E-state index contributed by atoms with van der Waals surface area (Å²) in [5.41, 5.74) is 7.32. The second-order valence-corrected chi connectivity index (χ2v) is 5.72. The van der Waals surface area contributed by atoms with Crippen LogP contribution in [0.3, 0.4) is 0 Å². The summed E-state index contributed by atoms with van der Waals surface area (Å²) in [7, 11) is 0. The number of anilines is 1. The third-order valence-corrected chi connectivity index (χ3v) is 4.67. The number of hydrogen-bond acceptors (Lipinski definition) is 3. The molecule has 1 heterocycles. The fraction of sp³-hybridized carbons (Fsp3) is 0.400. The van der Waals surface area contributed by atoms with E-state index in [0.29, 0.717) is 23.3 Å². The molecular formula is C15H14F2N2O. The normalized spacial score (nSPS) is 27.6. The minimum atomic E-state index is -0.632. The van der Waals surface area contributed by atoms with Crippen molar-refractivity contribution in [3.63, 3.8) is 0 Å². The maximum absolute atomic E-state index is 14.0. The molecule has 2 atom stereocenters. The molecule has 0 aliphatic heterocycles. The molecule has 0 spiro atoms. The number of nitrogen functional groups attached to an aromatic ring is 1. The largest absolute Gasteiger partial charge is 0.367 e. The fourth-order valence-electron chi connectivity index (χ4n) is 3.73. The van der Waals surface area contributed by atoms with Crippen molar-refractivity contribution in [1.29, 1.82) is 0 Å². The molecule has 2 N–H and O–H groups in total. The molecule has 0 bridgehead atoms. The van der Waals surface area contributed by atoms with E-state index in [-0.39, 0.29) is 11.4 Å². The standard InChI is InChI=1S/C15H14F2N2O/c16-7-4-5-10(11(17)6-7)13-14(19-20-15(13)18)12-8-2-1-3-9(8)12/h4-6,8-9,12H,1-3,18H2. The zero-order chi connectivity index (χ0) is 13.9. The molecule has 0 radical (unpaired) electrons. The van der Waals surface area contributed by atoms with Gasteiger partial charge in [0.1, 0.15) is 11.6 Å². The summed E-state index contributed by atoms with van der Waals surface area (Å²) in [6, 6.07) is 3.48. The van der Waals surface area contributed by atoms with E-state index in [1.807, 2.05) is 0 Å². The van der Waals surface area contributed by atoms with E-state index in [9.17, 15) is 8.78 Å². The molecule has 2 aromatic rings. The van der Waals surface area contributed by atoms with Gasteiger partial charge in [0, 0.05) is 17.5 Å². The van der Waals surface area contributed by atoms with E-state index >= 15 is 0 Å². The van der Waals surface area contributed by atoms with Gasteiger partial charge in [0.15, 0.2) is 0 Å². The van der Waals surface area contributed by atoms with Gasteiger partial charge in [-0.05, 0) is 36.8 Å². The number of benzene rings is 1. The summed E-state index contributed by atoms with van der Waals surface area (Å²) in [4.78, 5) is 0. The maximum atomic E-state index is 14.0. The average molecular weight is 276 g/mol. The van der Waals surface area contributed by atoms with Gasteiger partial charge in [-0.3, -0.25) is 0 Å². The lowest BCUT2D eigenvalue weighted by molar-refractivity contribution is 0.424. The summed E-state index contributed by atoms with van der Waals surface area (Å²) in [5.74, 6) is 0.446. The van der Waals surface area contributed by atoms with Crippen LogP contribution in [0, 0.1) is 23.5 Å². The molecule has 0 amide bonds. The third-order valence-electron chi connectivity index (χ3n) is 4.67. The Kier molecular flexibility index (Phi) is 2.40. The highest BCUT2D eigenvalue weighted by atomic mass is 19.1. The first-order valence-electron chi connectivity index (χ1n) is 6.87. The molecule has 2 saturated carbocycles. The van der Waals surface area contributed by atoms with Crippen LogP contribution in [-0.2, 0) is 0 Å². The van der Waals surface area contributed by atoms with Gasteiger partial charge in [-0.2, -0.15) is 0 Å². The minimum absolute atomic E-state index is 0.107. The van der Waals surface area contributed by atoms with Gasteiger partial charge in [0.25, 0.3) is 0 Å². The Labute approximate surface area is 114 Å². The lowest BCUT2D eigenvalue weighted by Crippen LogP contribution is -1.95. The van der Waals surface area contributed by atoms with E-state index in [2.05, 4.69) is 5.16 Å². The van der Waals surface area contributed by atoms with Gasteiger partial charge in [0.05, 0.1) is 11.3 Å². The Morgan fingerprint density at radius 3 is 2.65 bits per heavy atom. The Morgan fingerprint density at radius 2 is 1.95 bits per heavy atom. The number of nitrogens with two attached hydrogens (primary N) is 1. The van der Waals surface area contributed by atoms with Crippen LogP contribution >= 0.6 is 0 Å². The van der Waals surface area contributed by atoms with Crippen LogP contribution in [0.15, 0.2) is 22.7 Å². The topological polar surface area (TPSA) is 52.0 Å². The summed E-state index contributed by atoms with van der Waals surface area (Å²) in [6.07, 6.45) is 3.63. The van der Waals surface area contributed by atoms with Gasteiger partial charge in [-0.25, -0.2) is 8.78 Å². The maximum Gasteiger partial charge on any atom is 0.230 e. The first kappa shape index (κ1) is 11.9. The van der Waals surface area contributed by atoms with Crippen LogP contribution in [0.5, 0.6) is 0 Å². The quantitative estimate of drug-likeness (QED) is 0.909. The SMILES string of the molecule is Nc1onc(C2C3CCCC32)c1-c1ccc(F)cc1F. The van der Waals surface area contributed by atoms with Crippen LogP contribution < -0.4 is 5.73 Å². The first-order valence-corrected chi connectivity index (χ1v) is 6.87. The molecule has 2 fully saturated rings. The highest BCUT2D eigenvalue weighted by Crippen LogP contribution is 2.64. The van der Waals surface area contributed by atoms with Gasteiger partial charge in [0.2, 0.25) is 5.88 Å². The number of rotatable bonds is 2. The van der Waals surface area contributed by atoms with Crippen molar-refractivity contribution < 1.29 is 13.3 Å². The molecule has 20 heavy (non-hydrogen) atoms. The van der Waals surface area contributed by atoms with Crippen LogP contribution in [0.25, 0.3) is 11.1 Å². The second kappa shape index (κ2) is 4.04. The Morgan fingerprint density at radius 1 is 1.20 bits per heavy atom. The zero-order valence-corrected chi connectivity index (χ0v) is 10.8. The van der Waals surface area contributed by atoms with E-state index in [4.69, 9.17) is 10.3 Å². The van der Waals surface area contributed by atoms with E-state index in [1.165, 1.54) is 31.4 Å². The summed E-state index contributed by atoms with van der Waals surface area (Å²) < 4.78 is 32.1. The summed E-state index contributed by atoms with van der Waals surface area (Å²) in [6.45, 7) is 0. The molecule has 0 saturated heterocycles. The molecule has 5 heteroatoms. The van der Waals surface area contributed by atoms with Crippen molar-refractivity contribution in [2.24, 2.45) is 11.8 Å². The molecule has 2 unspecified atom stereocenters. The Balaban J connectivity index is 1.80. The number of halogens is 2. The van der Waals surface area contributed by atoms with E-state index < -0.39 is 11.6 Å². The molecule has 1 aromatic heterocycles. The minimum Gasteiger partial charge on any atom is -0.367 e. The predicted molar refractivity (Wildman–Crippen MR) is 69.8 cm³/mol. The van der Waals surface area contributed by atoms with Crippen molar-refractivity contribution in [3.8, 4) is 11.1 Å². The van der Waals surface area contributed by atoms with Gasteiger partial charge in [-0.1, -0.05) is 11.6 Å². The molecular weight excluding hydrogens is 262 g/mol. The number of hydrogen-bond donors (Lipinski definition) is 1. The molecule has 104 valence electrons. The Hall–Kier alpha value is -1.91. The molecule has 1 aromatic carbocycles. The van der Waals surface area contributed by atoms with Crippen LogP contribution in [-0.4, -0.2) is 5.16 Å².